The molecule has 176 valence electrons. The standard InChI is InChI=1S/C22H30ClN3O4S2/c1-13(2)16-10-15(23)11-17(14(3)4)19(16)25-20(27)26-32(29,30)21-24-12-18(31-21)22(28)8-6-5-7-9-22/h10-14,28H,5-9H2,1-4H3,(H2,25,26,27). The van der Waals surface area contributed by atoms with Crippen molar-refractivity contribution in [3.63, 3.8) is 0 Å². The van der Waals surface area contributed by atoms with E-state index in [0.29, 0.717) is 28.4 Å². The maximum absolute atomic E-state index is 12.8. The lowest BCUT2D eigenvalue weighted by molar-refractivity contribution is 0.00264. The number of anilines is 1. The largest absolute Gasteiger partial charge is 0.384 e. The van der Waals surface area contributed by atoms with E-state index in [-0.39, 0.29) is 16.2 Å². The zero-order chi connectivity index (χ0) is 23.7. The van der Waals surface area contributed by atoms with Crippen LogP contribution >= 0.6 is 22.9 Å². The third kappa shape index (κ3) is 5.44. The van der Waals surface area contributed by atoms with Crippen molar-refractivity contribution >= 4 is 44.7 Å². The van der Waals surface area contributed by atoms with E-state index in [9.17, 15) is 18.3 Å². The number of halogens is 1. The Hall–Kier alpha value is -1.68. The number of aromatic nitrogens is 1. The molecule has 1 aromatic heterocycles. The predicted octanol–water partition coefficient (Wildman–Crippen LogP) is 5.71. The molecule has 1 heterocycles. The highest BCUT2D eigenvalue weighted by molar-refractivity contribution is 7.92. The monoisotopic (exact) mass is 499 g/mol. The number of carbonyl (C=O) groups is 1. The van der Waals surface area contributed by atoms with E-state index in [2.05, 4.69) is 15.0 Å². The minimum absolute atomic E-state index is 0.0656. The minimum atomic E-state index is -4.19. The van der Waals surface area contributed by atoms with Crippen LogP contribution in [0, 0.1) is 0 Å². The number of sulfonamides is 1. The second-order valence-corrected chi connectivity index (χ2v) is 12.2. The number of nitrogens with one attached hydrogen (secondary N) is 2. The summed E-state index contributed by atoms with van der Waals surface area (Å²) in [6.45, 7) is 7.90. The van der Waals surface area contributed by atoms with Crippen LogP contribution in [0.5, 0.6) is 0 Å². The second-order valence-electron chi connectivity index (χ2n) is 8.91. The molecule has 0 radical (unpaired) electrons. The van der Waals surface area contributed by atoms with Crippen LogP contribution in [0.2, 0.25) is 5.02 Å². The van der Waals surface area contributed by atoms with Crippen molar-refractivity contribution in [2.24, 2.45) is 0 Å². The third-order valence-electron chi connectivity index (χ3n) is 5.73. The first-order valence-electron chi connectivity index (χ1n) is 10.8. The van der Waals surface area contributed by atoms with E-state index >= 15 is 0 Å². The van der Waals surface area contributed by atoms with Crippen LogP contribution in [-0.2, 0) is 15.6 Å². The Kier molecular flexibility index (Phi) is 7.54. The van der Waals surface area contributed by atoms with Gasteiger partial charge in [-0.15, -0.1) is 11.3 Å². The van der Waals surface area contributed by atoms with Gasteiger partial charge in [-0.2, -0.15) is 8.42 Å². The molecule has 32 heavy (non-hydrogen) atoms. The van der Waals surface area contributed by atoms with Gasteiger partial charge in [0, 0.05) is 16.9 Å². The van der Waals surface area contributed by atoms with Gasteiger partial charge >= 0.3 is 6.03 Å². The molecule has 10 heteroatoms. The van der Waals surface area contributed by atoms with Gasteiger partial charge in [0.2, 0.25) is 4.34 Å². The Morgan fingerprint density at radius 2 is 1.69 bits per heavy atom. The minimum Gasteiger partial charge on any atom is -0.384 e. The van der Waals surface area contributed by atoms with Gasteiger partial charge in [-0.1, -0.05) is 58.6 Å². The van der Waals surface area contributed by atoms with E-state index in [1.165, 1.54) is 6.20 Å². The van der Waals surface area contributed by atoms with Crippen LogP contribution in [0.15, 0.2) is 22.7 Å². The highest BCUT2D eigenvalue weighted by Gasteiger charge is 2.35. The first-order chi connectivity index (χ1) is 14.9. The number of benzene rings is 1. The molecule has 3 rings (SSSR count). The van der Waals surface area contributed by atoms with Gasteiger partial charge in [0.25, 0.3) is 10.0 Å². The lowest BCUT2D eigenvalue weighted by Crippen LogP contribution is -2.35. The van der Waals surface area contributed by atoms with Crippen molar-refractivity contribution in [1.82, 2.24) is 9.71 Å². The zero-order valence-electron chi connectivity index (χ0n) is 18.7. The highest BCUT2D eigenvalue weighted by atomic mass is 35.5. The van der Waals surface area contributed by atoms with E-state index < -0.39 is 21.7 Å². The summed E-state index contributed by atoms with van der Waals surface area (Å²) >= 11 is 7.16. The number of thiazole rings is 1. The Bertz CT molecular complexity index is 1060. The van der Waals surface area contributed by atoms with Gasteiger partial charge < -0.3 is 10.4 Å². The topological polar surface area (TPSA) is 108 Å². The molecule has 0 bridgehead atoms. The second kappa shape index (κ2) is 9.67. The smallest absolute Gasteiger partial charge is 0.333 e. The summed E-state index contributed by atoms with van der Waals surface area (Å²) in [6.07, 6.45) is 5.37. The third-order valence-corrected chi connectivity index (χ3v) is 8.86. The van der Waals surface area contributed by atoms with Crippen molar-refractivity contribution < 1.29 is 18.3 Å². The first kappa shape index (κ1) is 25.0. The number of carbonyl (C=O) groups excluding carboxylic acids is 1. The Morgan fingerprint density at radius 1 is 1.12 bits per heavy atom. The van der Waals surface area contributed by atoms with Crippen LogP contribution in [0.3, 0.4) is 0 Å². The summed E-state index contributed by atoms with van der Waals surface area (Å²) in [4.78, 5) is 17.2. The summed E-state index contributed by atoms with van der Waals surface area (Å²) in [5.74, 6) is 0.131. The van der Waals surface area contributed by atoms with Crippen LogP contribution in [-0.4, -0.2) is 24.5 Å². The number of urea groups is 1. The summed E-state index contributed by atoms with van der Waals surface area (Å²) in [7, 11) is -4.19. The molecule has 0 atom stereocenters. The normalized spacial score (nSPS) is 16.4. The quantitative estimate of drug-likeness (QED) is 0.472. The molecular formula is C22H30ClN3O4S2. The maximum atomic E-state index is 12.8. The lowest BCUT2D eigenvalue weighted by Gasteiger charge is -2.30. The number of aliphatic hydroxyl groups is 1. The molecule has 0 aliphatic heterocycles. The molecule has 0 unspecified atom stereocenters. The van der Waals surface area contributed by atoms with E-state index in [1.807, 2.05) is 27.7 Å². The molecule has 0 spiro atoms. The van der Waals surface area contributed by atoms with Gasteiger partial charge in [-0.05, 0) is 47.9 Å². The summed E-state index contributed by atoms with van der Waals surface area (Å²) < 4.78 is 27.4. The van der Waals surface area contributed by atoms with Crippen molar-refractivity contribution in [3.05, 3.63) is 39.4 Å². The molecule has 1 aliphatic carbocycles. The van der Waals surface area contributed by atoms with Crippen LogP contribution in [0.1, 0.15) is 87.6 Å². The predicted molar refractivity (Wildman–Crippen MR) is 128 cm³/mol. The fourth-order valence-corrected chi connectivity index (χ4v) is 6.43. The number of amides is 2. The summed E-state index contributed by atoms with van der Waals surface area (Å²) in [5.41, 5.74) is 1.16. The van der Waals surface area contributed by atoms with Crippen molar-refractivity contribution in [3.8, 4) is 0 Å². The Morgan fingerprint density at radius 3 is 2.22 bits per heavy atom. The Balaban J connectivity index is 1.82. The molecule has 1 aromatic carbocycles. The average molecular weight is 500 g/mol. The number of hydrogen-bond donors (Lipinski definition) is 3. The molecule has 3 N–H and O–H groups in total. The van der Waals surface area contributed by atoms with Crippen molar-refractivity contribution in [1.29, 1.82) is 0 Å². The van der Waals surface area contributed by atoms with E-state index in [1.54, 1.807) is 12.1 Å². The maximum Gasteiger partial charge on any atom is 0.333 e. The summed E-state index contributed by atoms with van der Waals surface area (Å²) in [6, 6.07) is 2.68. The van der Waals surface area contributed by atoms with Gasteiger partial charge in [-0.3, -0.25) is 0 Å². The molecule has 1 saturated carbocycles. The zero-order valence-corrected chi connectivity index (χ0v) is 21.1. The van der Waals surface area contributed by atoms with Gasteiger partial charge in [-0.25, -0.2) is 14.5 Å². The molecular weight excluding hydrogens is 470 g/mol. The lowest BCUT2D eigenvalue weighted by atomic mass is 9.84. The Labute approximate surface area is 198 Å². The van der Waals surface area contributed by atoms with Crippen LogP contribution < -0.4 is 10.0 Å². The van der Waals surface area contributed by atoms with Crippen molar-refractivity contribution in [2.45, 2.75) is 81.6 Å². The molecule has 1 aliphatic rings. The SMILES string of the molecule is CC(C)c1cc(Cl)cc(C(C)C)c1NC(=O)NS(=O)(=O)c1ncc(C2(O)CCCCC2)s1. The highest BCUT2D eigenvalue weighted by Crippen LogP contribution is 2.40. The molecule has 1 fully saturated rings. The molecule has 7 nitrogen and oxygen atoms in total. The van der Waals surface area contributed by atoms with E-state index in [0.717, 1.165) is 41.7 Å². The number of rotatable bonds is 6. The van der Waals surface area contributed by atoms with Gasteiger partial charge in [0.15, 0.2) is 0 Å². The summed E-state index contributed by atoms with van der Waals surface area (Å²) in [5, 5.41) is 14.1. The van der Waals surface area contributed by atoms with Crippen LogP contribution in [0.4, 0.5) is 10.5 Å². The molecule has 2 amide bonds. The van der Waals surface area contributed by atoms with Crippen LogP contribution in [0.25, 0.3) is 0 Å². The first-order valence-corrected chi connectivity index (χ1v) is 13.5. The molecule has 2 aromatic rings. The van der Waals surface area contributed by atoms with Gasteiger partial charge in [0.1, 0.15) is 5.60 Å². The number of hydrogen-bond acceptors (Lipinski definition) is 6. The fourth-order valence-electron chi connectivity index (χ4n) is 3.99. The van der Waals surface area contributed by atoms with Gasteiger partial charge in [0.05, 0.1) is 4.88 Å². The number of nitrogens with zero attached hydrogens (tertiary/aromatic N) is 1. The molecule has 0 saturated heterocycles. The van der Waals surface area contributed by atoms with Crippen molar-refractivity contribution in [2.75, 3.05) is 5.32 Å². The van der Waals surface area contributed by atoms with E-state index in [4.69, 9.17) is 11.6 Å². The average Bonchev–Trinajstić information content (AvgIpc) is 3.21. The fraction of sp³-hybridized carbons (Fsp3) is 0.545.